The Balaban J connectivity index is 0.000000396. The van der Waals surface area contributed by atoms with Crippen LogP contribution in [0.4, 0.5) is 0 Å². The van der Waals surface area contributed by atoms with E-state index in [0.29, 0.717) is 6.04 Å². The van der Waals surface area contributed by atoms with Crippen molar-refractivity contribution in [3.63, 3.8) is 0 Å². The molecule has 2 heterocycles. The summed E-state index contributed by atoms with van der Waals surface area (Å²) < 4.78 is 8.07. The molecule has 1 atom stereocenters. The quantitative estimate of drug-likeness (QED) is 0.788. The minimum Gasteiger partial charge on any atom is -0.492 e. The van der Waals surface area contributed by atoms with E-state index in [0.717, 1.165) is 12.4 Å². The lowest BCUT2D eigenvalue weighted by atomic mass is 9.08. The van der Waals surface area contributed by atoms with Gasteiger partial charge in [0.2, 0.25) is 0 Å². The van der Waals surface area contributed by atoms with Crippen LogP contribution < -0.4 is 4.74 Å². The lowest BCUT2D eigenvalue weighted by molar-refractivity contribution is 0.198. The number of benzene rings is 1. The van der Waals surface area contributed by atoms with E-state index >= 15 is 0 Å². The Morgan fingerprint density at radius 3 is 2.59 bits per heavy atom. The van der Waals surface area contributed by atoms with Crippen molar-refractivity contribution in [1.29, 1.82) is 0 Å². The molecule has 6 radical (unpaired) electrons. The second-order valence-electron chi connectivity index (χ2n) is 5.81. The molecular formula is C15H20B4N2O. The summed E-state index contributed by atoms with van der Waals surface area (Å²) in [6.45, 7) is 2.00. The first-order valence-electron chi connectivity index (χ1n) is 7.62. The number of aromatic nitrogens is 1. The Morgan fingerprint density at radius 1 is 1.23 bits per heavy atom. The zero-order chi connectivity index (χ0) is 16.1. The number of likely N-dealkylation sites (tertiary alicyclic amines) is 1. The molecule has 3 nitrogen and oxygen atoms in total. The molecule has 0 saturated carbocycles. The summed E-state index contributed by atoms with van der Waals surface area (Å²) >= 11 is 0. The summed E-state index contributed by atoms with van der Waals surface area (Å²) in [5.41, 5.74) is 1.23. The van der Waals surface area contributed by atoms with Gasteiger partial charge in [-0.25, -0.2) is 0 Å². The standard InChI is InChI=1S/C15H20N2O.B4/c1-16-8-3-4-13(16)11-18-14-6-5-12-7-9-17(2)15(12)10-14;1-4(2)3/h5-7,9-10,13H,3-4,8,11H2,1-2H3;. The zero-order valence-corrected chi connectivity index (χ0v) is 13.4. The minimum absolute atomic E-state index is 0.578. The zero-order valence-electron chi connectivity index (χ0n) is 13.4. The topological polar surface area (TPSA) is 17.4 Å². The van der Waals surface area contributed by atoms with Crippen LogP contribution in [0.1, 0.15) is 12.8 Å². The molecule has 0 amide bonds. The molecule has 2 aromatic rings. The Kier molecular flexibility index (Phi) is 6.13. The van der Waals surface area contributed by atoms with Gasteiger partial charge >= 0.3 is 0 Å². The fraction of sp³-hybridized carbons (Fsp3) is 0.467. The molecule has 0 aliphatic carbocycles. The van der Waals surface area contributed by atoms with Gasteiger partial charge in [0.25, 0.3) is 0 Å². The highest BCUT2D eigenvalue weighted by atomic mass is 16.5. The number of hydrogen-bond acceptors (Lipinski definition) is 2. The lowest BCUT2D eigenvalue weighted by Gasteiger charge is -2.19. The van der Waals surface area contributed by atoms with Gasteiger partial charge in [0, 0.05) is 54.9 Å². The molecular weight excluding hydrogens is 267 g/mol. The van der Waals surface area contributed by atoms with E-state index in [1.165, 1.54) is 30.3 Å². The predicted molar refractivity (Wildman–Crippen MR) is 97.1 cm³/mol. The third-order valence-electron chi connectivity index (χ3n) is 3.97. The molecule has 3 rings (SSSR count). The smallest absolute Gasteiger partial charge is 0.121 e. The average Bonchev–Trinajstić information content (AvgIpc) is 3.03. The summed E-state index contributed by atoms with van der Waals surface area (Å²) in [5, 5.41) is 1.27. The fourth-order valence-electron chi connectivity index (χ4n) is 2.71. The molecule has 1 unspecified atom stereocenters. The van der Waals surface area contributed by atoms with Crippen molar-refractivity contribution in [1.82, 2.24) is 9.47 Å². The van der Waals surface area contributed by atoms with Crippen LogP contribution in [0.15, 0.2) is 30.5 Å². The van der Waals surface area contributed by atoms with Crippen LogP contribution in [0.2, 0.25) is 0 Å². The van der Waals surface area contributed by atoms with Crippen LogP contribution >= 0.6 is 0 Å². The van der Waals surface area contributed by atoms with Crippen LogP contribution in [0.25, 0.3) is 10.9 Å². The predicted octanol–water partition coefficient (Wildman–Crippen LogP) is 1.13. The number of hydrogen-bond donors (Lipinski definition) is 0. The van der Waals surface area contributed by atoms with Crippen molar-refractivity contribution >= 4 is 40.5 Å². The first kappa shape index (κ1) is 17.1. The number of fused-ring (bicyclic) bond motifs is 1. The molecule has 0 bridgehead atoms. The highest BCUT2D eigenvalue weighted by Gasteiger charge is 2.21. The van der Waals surface area contributed by atoms with Crippen molar-refractivity contribution in [2.75, 3.05) is 20.2 Å². The van der Waals surface area contributed by atoms with E-state index in [4.69, 9.17) is 4.74 Å². The van der Waals surface area contributed by atoms with Gasteiger partial charge in [0.05, 0.1) is 5.52 Å². The van der Waals surface area contributed by atoms with Crippen molar-refractivity contribution in [3.05, 3.63) is 30.5 Å². The van der Waals surface area contributed by atoms with Gasteiger partial charge in [-0.3, -0.25) is 0 Å². The summed E-state index contributed by atoms with van der Waals surface area (Å²) in [6.07, 6.45) is 3.96. The van der Waals surface area contributed by atoms with Gasteiger partial charge < -0.3 is 14.2 Å². The van der Waals surface area contributed by atoms with Crippen LogP contribution in [0.5, 0.6) is 5.75 Å². The Hall–Kier alpha value is -1.22. The molecule has 1 aromatic heterocycles. The van der Waals surface area contributed by atoms with Crippen molar-refractivity contribution in [2.45, 2.75) is 18.9 Å². The Labute approximate surface area is 137 Å². The summed E-state index contributed by atoms with van der Waals surface area (Å²) in [6, 6.07) is 9.03. The summed E-state index contributed by atoms with van der Waals surface area (Å²) in [4.78, 5) is 2.39. The number of rotatable bonds is 3. The Bertz CT molecular complexity index is 599. The van der Waals surface area contributed by atoms with E-state index in [1.54, 1.807) is 0 Å². The first-order chi connectivity index (χ1) is 10.5. The molecule has 0 spiro atoms. The molecule has 1 aliphatic heterocycles. The molecule has 1 saturated heterocycles. The molecule has 22 heavy (non-hydrogen) atoms. The van der Waals surface area contributed by atoms with Gasteiger partial charge in [0.1, 0.15) is 12.4 Å². The van der Waals surface area contributed by atoms with Gasteiger partial charge in [0.15, 0.2) is 0 Å². The molecule has 0 N–H and O–H groups in total. The maximum Gasteiger partial charge on any atom is 0.121 e. The van der Waals surface area contributed by atoms with Crippen LogP contribution in [-0.2, 0) is 7.05 Å². The highest BCUT2D eigenvalue weighted by molar-refractivity contribution is 7.49. The largest absolute Gasteiger partial charge is 0.492 e. The summed E-state index contributed by atoms with van der Waals surface area (Å²) in [7, 11) is 18.2. The minimum atomic E-state index is -0.667. The van der Waals surface area contributed by atoms with Crippen molar-refractivity contribution in [2.24, 2.45) is 7.05 Å². The molecule has 1 fully saturated rings. The highest BCUT2D eigenvalue weighted by Crippen LogP contribution is 2.22. The maximum atomic E-state index is 5.94. The molecule has 1 aliphatic rings. The third kappa shape index (κ3) is 4.64. The van der Waals surface area contributed by atoms with Gasteiger partial charge in [-0.1, -0.05) is 0 Å². The van der Waals surface area contributed by atoms with E-state index in [2.05, 4.69) is 77.2 Å². The van der Waals surface area contributed by atoms with E-state index in [9.17, 15) is 0 Å². The van der Waals surface area contributed by atoms with E-state index in [1.807, 2.05) is 0 Å². The number of aryl methyl sites for hydroxylation is 1. The van der Waals surface area contributed by atoms with Crippen LogP contribution in [0, 0.1) is 0 Å². The number of likely N-dealkylation sites (N-methyl/N-ethyl adjacent to an activating group) is 1. The van der Waals surface area contributed by atoms with E-state index in [-0.39, 0.29) is 0 Å². The second-order valence-corrected chi connectivity index (χ2v) is 5.81. The van der Waals surface area contributed by atoms with Crippen molar-refractivity contribution < 1.29 is 4.74 Å². The lowest BCUT2D eigenvalue weighted by Crippen LogP contribution is -2.30. The van der Waals surface area contributed by atoms with Crippen molar-refractivity contribution in [3.8, 4) is 5.75 Å². The maximum absolute atomic E-state index is 5.94. The average molecular weight is 288 g/mol. The SMILES string of the molecule is CN1CCCC1COc1ccc2ccn(C)c2c1.[B]B([B])[B]. The number of ether oxygens (including phenoxy) is 1. The third-order valence-corrected chi connectivity index (χ3v) is 3.97. The van der Waals surface area contributed by atoms with Gasteiger partial charge in [-0.05, 0) is 50.0 Å². The fourth-order valence-corrected chi connectivity index (χ4v) is 2.71. The van der Waals surface area contributed by atoms with E-state index < -0.39 is 6.39 Å². The molecule has 7 heteroatoms. The monoisotopic (exact) mass is 288 g/mol. The molecule has 1 aromatic carbocycles. The second kappa shape index (κ2) is 7.87. The summed E-state index contributed by atoms with van der Waals surface area (Å²) in [5.74, 6) is 0.976. The van der Waals surface area contributed by atoms with Crippen LogP contribution in [0.3, 0.4) is 0 Å². The first-order valence-corrected chi connectivity index (χ1v) is 7.62. The molecule has 108 valence electrons. The van der Waals surface area contributed by atoms with Crippen LogP contribution in [-0.4, -0.2) is 65.3 Å². The normalized spacial score (nSPS) is 18.0. The Morgan fingerprint density at radius 2 is 1.95 bits per heavy atom. The van der Waals surface area contributed by atoms with Gasteiger partial charge in [-0.2, -0.15) is 0 Å². The van der Waals surface area contributed by atoms with Gasteiger partial charge in [-0.15, -0.1) is 0 Å². The number of nitrogens with zero attached hydrogens (tertiary/aromatic N) is 2.